The van der Waals surface area contributed by atoms with E-state index in [0.717, 1.165) is 5.92 Å². The van der Waals surface area contributed by atoms with Crippen LogP contribution in [-0.4, -0.2) is 0 Å². The van der Waals surface area contributed by atoms with E-state index in [-0.39, 0.29) is 0 Å². The molecule has 0 spiro atoms. The normalized spacial score (nSPS) is 13.3. The minimum Gasteiger partial charge on any atom is -0.0654 e. The Labute approximate surface area is 104 Å². The first-order chi connectivity index (χ1) is 7.72. The lowest BCUT2D eigenvalue weighted by Crippen LogP contribution is -2.04. The summed E-state index contributed by atoms with van der Waals surface area (Å²) >= 11 is 0. The van der Waals surface area contributed by atoms with Crippen LogP contribution in [0.3, 0.4) is 0 Å². The summed E-state index contributed by atoms with van der Waals surface area (Å²) in [6, 6.07) is 0. The highest BCUT2D eigenvalue weighted by atomic mass is 14.1. The fourth-order valence-corrected chi connectivity index (χ4v) is 2.18. The van der Waals surface area contributed by atoms with Crippen molar-refractivity contribution in [3.05, 3.63) is 5.92 Å². The number of rotatable bonds is 11. The molecular weight excluding hydrogens is 192 g/mol. The van der Waals surface area contributed by atoms with Crippen LogP contribution < -0.4 is 0 Å². The third kappa shape index (κ3) is 9.24. The zero-order valence-corrected chi connectivity index (χ0v) is 12.1. The second kappa shape index (κ2) is 11.5. The number of unbranched alkanes of at least 4 members (excludes halogenated alkanes) is 7. The maximum Gasteiger partial charge on any atom is -0.0246 e. The molecule has 0 rings (SSSR count). The highest BCUT2D eigenvalue weighted by Gasteiger charge is 2.09. The van der Waals surface area contributed by atoms with Crippen molar-refractivity contribution in [1.82, 2.24) is 0 Å². The van der Waals surface area contributed by atoms with Gasteiger partial charge in [0, 0.05) is 0 Å². The second-order valence-corrected chi connectivity index (χ2v) is 5.36. The van der Waals surface area contributed by atoms with Gasteiger partial charge in [-0.1, -0.05) is 85.5 Å². The van der Waals surface area contributed by atoms with Crippen molar-refractivity contribution in [1.29, 1.82) is 0 Å². The van der Waals surface area contributed by atoms with E-state index in [1.807, 2.05) is 0 Å². The van der Waals surface area contributed by atoms with Crippen molar-refractivity contribution in [3.8, 4) is 0 Å². The van der Waals surface area contributed by atoms with Crippen LogP contribution in [0.5, 0.6) is 0 Å². The summed E-state index contributed by atoms with van der Waals surface area (Å²) in [5, 5.41) is 0. The molecule has 0 fully saturated rings. The summed E-state index contributed by atoms with van der Waals surface area (Å²) in [7, 11) is 0. The van der Waals surface area contributed by atoms with Gasteiger partial charge in [-0.2, -0.15) is 0 Å². The van der Waals surface area contributed by atoms with Crippen molar-refractivity contribution >= 4 is 0 Å². The highest BCUT2D eigenvalue weighted by Crippen LogP contribution is 2.23. The van der Waals surface area contributed by atoms with E-state index in [4.69, 9.17) is 0 Å². The summed E-state index contributed by atoms with van der Waals surface area (Å²) in [6.45, 7) is 9.27. The van der Waals surface area contributed by atoms with Gasteiger partial charge in [-0.25, -0.2) is 0 Å². The maximum atomic E-state index is 2.39. The van der Waals surface area contributed by atoms with Gasteiger partial charge in [0.2, 0.25) is 0 Å². The molecule has 97 valence electrons. The lowest BCUT2D eigenvalue weighted by atomic mass is 9.89. The monoisotopic (exact) mass is 225 g/mol. The number of hydrogen-bond donors (Lipinski definition) is 0. The average Bonchev–Trinajstić information content (AvgIpc) is 2.31. The molecular formula is C16H33. The Morgan fingerprint density at radius 3 is 1.81 bits per heavy atom. The van der Waals surface area contributed by atoms with E-state index in [2.05, 4.69) is 27.7 Å². The van der Waals surface area contributed by atoms with Crippen LogP contribution in [-0.2, 0) is 0 Å². The second-order valence-electron chi connectivity index (χ2n) is 5.36. The van der Waals surface area contributed by atoms with Gasteiger partial charge >= 0.3 is 0 Å². The molecule has 0 bridgehead atoms. The van der Waals surface area contributed by atoms with Gasteiger partial charge in [0.1, 0.15) is 0 Å². The lowest BCUT2D eigenvalue weighted by Gasteiger charge is -2.17. The van der Waals surface area contributed by atoms with Crippen LogP contribution in [0, 0.1) is 11.8 Å². The van der Waals surface area contributed by atoms with E-state index >= 15 is 0 Å². The standard InChI is InChI=1S/C16H33/c1-5-7-8-9-10-11-12-13-14-16(4)15(3)6-2/h16H,5-14H2,1-4H3. The minimum absolute atomic E-state index is 0.852. The third-order valence-corrected chi connectivity index (χ3v) is 3.89. The van der Waals surface area contributed by atoms with Gasteiger partial charge in [-0.3, -0.25) is 0 Å². The SMILES string of the molecule is CCCCCCCCCCC(C)[C](C)CC. The topological polar surface area (TPSA) is 0 Å². The maximum absolute atomic E-state index is 2.39. The van der Waals surface area contributed by atoms with Crippen LogP contribution in [0.15, 0.2) is 0 Å². The van der Waals surface area contributed by atoms with Crippen molar-refractivity contribution in [2.24, 2.45) is 5.92 Å². The molecule has 0 aliphatic heterocycles. The van der Waals surface area contributed by atoms with Gasteiger partial charge in [-0.15, -0.1) is 0 Å². The Morgan fingerprint density at radius 2 is 1.31 bits per heavy atom. The fraction of sp³-hybridized carbons (Fsp3) is 0.938. The molecule has 1 unspecified atom stereocenters. The molecule has 0 heteroatoms. The highest BCUT2D eigenvalue weighted by molar-refractivity contribution is 4.87. The first-order valence-electron chi connectivity index (χ1n) is 7.54. The van der Waals surface area contributed by atoms with Crippen LogP contribution in [0.4, 0.5) is 0 Å². The summed E-state index contributed by atoms with van der Waals surface area (Å²) in [6.07, 6.45) is 14.2. The van der Waals surface area contributed by atoms with E-state index in [1.165, 1.54) is 64.2 Å². The molecule has 0 aromatic rings. The molecule has 1 radical (unpaired) electrons. The van der Waals surface area contributed by atoms with Crippen molar-refractivity contribution in [2.75, 3.05) is 0 Å². The van der Waals surface area contributed by atoms with Gasteiger partial charge < -0.3 is 0 Å². The smallest absolute Gasteiger partial charge is 0.0246 e. The summed E-state index contributed by atoms with van der Waals surface area (Å²) in [5.41, 5.74) is 0. The Hall–Kier alpha value is 0. The van der Waals surface area contributed by atoms with E-state index < -0.39 is 0 Å². The molecule has 0 aliphatic rings. The Kier molecular flexibility index (Phi) is 11.5. The zero-order chi connectivity index (χ0) is 12.2. The first-order valence-corrected chi connectivity index (χ1v) is 7.54. The first kappa shape index (κ1) is 16.0. The largest absolute Gasteiger partial charge is 0.0654 e. The lowest BCUT2D eigenvalue weighted by molar-refractivity contribution is 0.479. The molecule has 0 saturated carbocycles. The van der Waals surface area contributed by atoms with Crippen molar-refractivity contribution in [2.45, 2.75) is 91.9 Å². The molecule has 0 heterocycles. The summed E-state index contributed by atoms with van der Waals surface area (Å²) < 4.78 is 0. The molecule has 0 aromatic carbocycles. The fourth-order valence-electron chi connectivity index (χ4n) is 2.18. The minimum atomic E-state index is 0.852. The van der Waals surface area contributed by atoms with Gasteiger partial charge in [0.25, 0.3) is 0 Å². The van der Waals surface area contributed by atoms with E-state index in [1.54, 1.807) is 5.92 Å². The van der Waals surface area contributed by atoms with Crippen LogP contribution >= 0.6 is 0 Å². The third-order valence-electron chi connectivity index (χ3n) is 3.89. The predicted octanol–water partition coefficient (Wildman–Crippen LogP) is 6.16. The van der Waals surface area contributed by atoms with Gasteiger partial charge in [0.05, 0.1) is 0 Å². The van der Waals surface area contributed by atoms with Crippen LogP contribution in [0.25, 0.3) is 0 Å². The average molecular weight is 225 g/mol. The van der Waals surface area contributed by atoms with Gasteiger partial charge in [0.15, 0.2) is 0 Å². The molecule has 0 nitrogen and oxygen atoms in total. The van der Waals surface area contributed by atoms with Crippen LogP contribution in [0.1, 0.15) is 91.9 Å². The summed E-state index contributed by atoms with van der Waals surface area (Å²) in [5.74, 6) is 2.54. The molecule has 0 aromatic heterocycles. The van der Waals surface area contributed by atoms with Crippen LogP contribution in [0.2, 0.25) is 0 Å². The molecule has 0 aliphatic carbocycles. The Balaban J connectivity index is 3.14. The van der Waals surface area contributed by atoms with Gasteiger partial charge in [-0.05, 0) is 18.3 Å². The quantitative estimate of drug-likeness (QED) is 0.369. The van der Waals surface area contributed by atoms with E-state index in [9.17, 15) is 0 Å². The molecule has 16 heavy (non-hydrogen) atoms. The molecule has 0 amide bonds. The predicted molar refractivity (Wildman–Crippen MR) is 75.6 cm³/mol. The number of hydrogen-bond acceptors (Lipinski definition) is 0. The van der Waals surface area contributed by atoms with Crippen molar-refractivity contribution in [3.63, 3.8) is 0 Å². The van der Waals surface area contributed by atoms with Crippen molar-refractivity contribution < 1.29 is 0 Å². The summed E-state index contributed by atoms with van der Waals surface area (Å²) in [4.78, 5) is 0. The Morgan fingerprint density at radius 1 is 0.812 bits per heavy atom. The zero-order valence-electron chi connectivity index (χ0n) is 12.1. The molecule has 0 saturated heterocycles. The van der Waals surface area contributed by atoms with E-state index in [0.29, 0.717) is 0 Å². The Bertz CT molecular complexity index is 128. The molecule has 1 atom stereocenters. The molecule has 0 N–H and O–H groups in total.